The van der Waals surface area contributed by atoms with Crippen LogP contribution in [0.25, 0.3) is 0 Å². The van der Waals surface area contributed by atoms with Gasteiger partial charge in [0.25, 0.3) is 0 Å². The van der Waals surface area contributed by atoms with Gasteiger partial charge in [0.15, 0.2) is 0 Å². The molecule has 1 heterocycles. The maximum absolute atomic E-state index is 8.82. The lowest BCUT2D eigenvalue weighted by Crippen LogP contribution is -2.07. The van der Waals surface area contributed by atoms with Gasteiger partial charge in [-0.2, -0.15) is 20.2 Å². The Bertz CT molecular complexity index is 886. The summed E-state index contributed by atoms with van der Waals surface area (Å²) in [6.45, 7) is 0. The van der Waals surface area contributed by atoms with E-state index in [0.29, 0.717) is 17.5 Å². The average Bonchev–Trinajstić information content (AvgIpc) is 2.57. The number of aromatic nitrogens is 3. The highest BCUT2D eigenvalue weighted by Gasteiger charge is 2.06. The lowest BCUT2D eigenvalue weighted by Gasteiger charge is -2.09. The second-order valence-corrected chi connectivity index (χ2v) is 6.03. The van der Waals surface area contributed by atoms with E-state index in [-0.39, 0.29) is 5.95 Å². The first-order chi connectivity index (χ1) is 11.6. The van der Waals surface area contributed by atoms with Crippen molar-refractivity contribution in [2.75, 3.05) is 16.4 Å². The molecule has 0 saturated carbocycles. The van der Waals surface area contributed by atoms with E-state index in [1.54, 1.807) is 24.3 Å². The number of nitrogens with two attached hydrogens (primary N) is 1. The molecule has 8 heteroatoms. The molecule has 0 aliphatic rings. The van der Waals surface area contributed by atoms with Gasteiger partial charge >= 0.3 is 0 Å². The molecule has 0 aliphatic carbocycles. The first-order valence-electron chi connectivity index (χ1n) is 6.94. The first kappa shape index (κ1) is 15.9. The van der Waals surface area contributed by atoms with E-state index in [9.17, 15) is 0 Å². The van der Waals surface area contributed by atoms with E-state index < -0.39 is 0 Å². The van der Waals surface area contributed by atoms with Crippen LogP contribution in [0.4, 0.5) is 29.2 Å². The van der Waals surface area contributed by atoms with Gasteiger partial charge in [0.05, 0.1) is 11.6 Å². The second kappa shape index (κ2) is 7.10. The van der Waals surface area contributed by atoms with Gasteiger partial charge in [0.1, 0.15) is 0 Å². The van der Waals surface area contributed by atoms with Crippen molar-refractivity contribution in [3.05, 3.63) is 57.7 Å². The second-order valence-electron chi connectivity index (χ2n) is 4.79. The fourth-order valence-corrected chi connectivity index (χ4v) is 2.28. The Labute approximate surface area is 152 Å². The smallest absolute Gasteiger partial charge is 0.233 e. The predicted octanol–water partition coefficient (Wildman–Crippen LogP) is 3.42. The molecule has 1 aromatic heterocycles. The maximum Gasteiger partial charge on any atom is 0.233 e. The molecule has 2 aromatic carbocycles. The van der Waals surface area contributed by atoms with Crippen LogP contribution in [0.5, 0.6) is 0 Å². The van der Waals surface area contributed by atoms with Crippen molar-refractivity contribution >= 4 is 51.8 Å². The van der Waals surface area contributed by atoms with Crippen molar-refractivity contribution in [1.82, 2.24) is 15.0 Å². The molecule has 3 aromatic rings. The van der Waals surface area contributed by atoms with E-state index in [4.69, 9.17) is 11.0 Å². The highest BCUT2D eigenvalue weighted by molar-refractivity contribution is 14.1. The normalized spacial score (nSPS) is 10.0. The summed E-state index contributed by atoms with van der Waals surface area (Å²) in [4.78, 5) is 12.4. The van der Waals surface area contributed by atoms with Crippen LogP contribution in [0.15, 0.2) is 48.5 Å². The van der Waals surface area contributed by atoms with Gasteiger partial charge in [-0.25, -0.2) is 0 Å². The SMILES string of the molecule is N#Cc1ccc(Nc2nc(N)nc(Nc3ccc(I)cc3)n2)cc1. The number of rotatable bonds is 4. The van der Waals surface area contributed by atoms with Gasteiger partial charge in [-0.1, -0.05) is 0 Å². The Hall–Kier alpha value is -2.93. The molecule has 7 nitrogen and oxygen atoms in total. The Balaban J connectivity index is 1.80. The maximum atomic E-state index is 8.82. The Morgan fingerprint density at radius 1 is 0.833 bits per heavy atom. The first-order valence-corrected chi connectivity index (χ1v) is 8.01. The average molecular weight is 429 g/mol. The minimum absolute atomic E-state index is 0.106. The van der Waals surface area contributed by atoms with E-state index in [1.165, 1.54) is 0 Å². The number of hydrogen-bond acceptors (Lipinski definition) is 7. The van der Waals surface area contributed by atoms with Gasteiger partial charge in [0.2, 0.25) is 17.8 Å². The van der Waals surface area contributed by atoms with Crippen LogP contribution in [0.1, 0.15) is 5.56 Å². The van der Waals surface area contributed by atoms with Crippen LogP contribution in [0.2, 0.25) is 0 Å². The van der Waals surface area contributed by atoms with Crippen molar-refractivity contribution in [3.8, 4) is 6.07 Å². The molecule has 0 amide bonds. The van der Waals surface area contributed by atoms with Gasteiger partial charge in [-0.3, -0.25) is 0 Å². The number of nitrogen functional groups attached to an aromatic ring is 1. The minimum atomic E-state index is 0.106. The minimum Gasteiger partial charge on any atom is -0.368 e. The van der Waals surface area contributed by atoms with Gasteiger partial charge in [0, 0.05) is 14.9 Å². The zero-order valence-corrected chi connectivity index (χ0v) is 14.5. The number of hydrogen-bond donors (Lipinski definition) is 3. The Morgan fingerprint density at radius 3 is 1.83 bits per heavy atom. The van der Waals surface area contributed by atoms with Crippen molar-refractivity contribution < 1.29 is 0 Å². The van der Waals surface area contributed by atoms with Crippen LogP contribution >= 0.6 is 22.6 Å². The zero-order chi connectivity index (χ0) is 16.9. The summed E-state index contributed by atoms with van der Waals surface area (Å²) in [6.07, 6.45) is 0. The topological polar surface area (TPSA) is 113 Å². The predicted molar refractivity (Wildman–Crippen MR) is 101 cm³/mol. The highest BCUT2D eigenvalue weighted by atomic mass is 127. The molecule has 24 heavy (non-hydrogen) atoms. The van der Waals surface area contributed by atoms with E-state index in [2.05, 4.69) is 54.2 Å². The Kier molecular flexibility index (Phi) is 4.72. The van der Waals surface area contributed by atoms with E-state index >= 15 is 0 Å². The lowest BCUT2D eigenvalue weighted by atomic mass is 10.2. The molecule has 0 bridgehead atoms. The van der Waals surface area contributed by atoms with Gasteiger partial charge in [-0.05, 0) is 71.1 Å². The third kappa shape index (κ3) is 4.08. The number of nitrogens with one attached hydrogen (secondary N) is 2. The summed E-state index contributed by atoms with van der Waals surface area (Å²) >= 11 is 2.24. The van der Waals surface area contributed by atoms with Gasteiger partial charge < -0.3 is 16.4 Å². The van der Waals surface area contributed by atoms with Crippen LogP contribution in [0, 0.1) is 14.9 Å². The molecular formula is C16H12IN7. The summed E-state index contributed by atoms with van der Waals surface area (Å²) in [6, 6.07) is 16.8. The summed E-state index contributed by atoms with van der Waals surface area (Å²) in [7, 11) is 0. The number of anilines is 5. The third-order valence-electron chi connectivity index (χ3n) is 3.02. The lowest BCUT2D eigenvalue weighted by molar-refractivity contribution is 1.07. The molecule has 0 aliphatic heterocycles. The Morgan fingerprint density at radius 2 is 1.33 bits per heavy atom. The van der Waals surface area contributed by atoms with Crippen LogP contribution < -0.4 is 16.4 Å². The molecule has 4 N–H and O–H groups in total. The van der Waals surface area contributed by atoms with Crippen LogP contribution in [0.3, 0.4) is 0 Å². The monoisotopic (exact) mass is 429 g/mol. The quantitative estimate of drug-likeness (QED) is 0.545. The number of nitrogens with zero attached hydrogens (tertiary/aromatic N) is 4. The summed E-state index contributed by atoms with van der Waals surface area (Å²) in [5.74, 6) is 0.772. The van der Waals surface area contributed by atoms with E-state index in [1.807, 2.05) is 24.3 Å². The molecule has 0 fully saturated rings. The number of benzene rings is 2. The molecule has 0 radical (unpaired) electrons. The number of nitriles is 1. The zero-order valence-electron chi connectivity index (χ0n) is 12.4. The third-order valence-corrected chi connectivity index (χ3v) is 3.74. The summed E-state index contributed by atoms with van der Waals surface area (Å²) < 4.78 is 1.14. The number of halogens is 1. The summed E-state index contributed by atoms with van der Waals surface area (Å²) in [5.41, 5.74) is 7.93. The van der Waals surface area contributed by atoms with Crippen LogP contribution in [-0.4, -0.2) is 15.0 Å². The molecule has 3 rings (SSSR count). The molecule has 0 atom stereocenters. The van der Waals surface area contributed by atoms with Crippen molar-refractivity contribution in [2.24, 2.45) is 0 Å². The fourth-order valence-electron chi connectivity index (χ4n) is 1.92. The standard InChI is InChI=1S/C16H12IN7/c17-11-3-7-13(8-4-11)21-16-23-14(19)22-15(24-16)20-12-5-1-10(9-18)2-6-12/h1-8H,(H4,19,20,21,22,23,24). The fraction of sp³-hybridized carbons (Fsp3) is 0. The molecule has 118 valence electrons. The van der Waals surface area contributed by atoms with Crippen molar-refractivity contribution in [1.29, 1.82) is 5.26 Å². The van der Waals surface area contributed by atoms with Crippen molar-refractivity contribution in [2.45, 2.75) is 0 Å². The van der Waals surface area contributed by atoms with Crippen molar-refractivity contribution in [3.63, 3.8) is 0 Å². The van der Waals surface area contributed by atoms with Crippen LogP contribution in [-0.2, 0) is 0 Å². The van der Waals surface area contributed by atoms with E-state index in [0.717, 1.165) is 14.9 Å². The molecular weight excluding hydrogens is 417 g/mol. The highest BCUT2D eigenvalue weighted by Crippen LogP contribution is 2.18. The van der Waals surface area contributed by atoms with Gasteiger partial charge in [-0.15, -0.1) is 0 Å². The molecule has 0 saturated heterocycles. The molecule has 0 unspecified atom stereocenters. The largest absolute Gasteiger partial charge is 0.368 e. The summed E-state index contributed by atoms with van der Waals surface area (Å²) in [5, 5.41) is 14.9. The molecule has 0 spiro atoms.